The lowest BCUT2D eigenvalue weighted by molar-refractivity contribution is -0.130. The van der Waals surface area contributed by atoms with Gasteiger partial charge in [0.25, 0.3) is 0 Å². The number of piperazine rings is 1. The Bertz CT molecular complexity index is 1060. The Balaban J connectivity index is 1.34. The van der Waals surface area contributed by atoms with Gasteiger partial charge in [0.1, 0.15) is 0 Å². The fourth-order valence-electron chi connectivity index (χ4n) is 4.33. The Morgan fingerprint density at radius 2 is 1.70 bits per heavy atom. The summed E-state index contributed by atoms with van der Waals surface area (Å²) in [4.78, 5) is 14.7. The van der Waals surface area contributed by atoms with E-state index in [1.54, 1.807) is 11.0 Å². The standard InChI is InChI=1S/C23H29N3O3S/c1-17-6-9-22(18(2)14-17)24-16-23(27)25-10-12-26(13-11-25)30(28,29)21-8-7-19-4-3-5-20(19)15-21/h6-9,14-15,24H,3-5,10-13,16H2,1-2H3. The van der Waals surface area contributed by atoms with Crippen LogP contribution in [0.2, 0.25) is 0 Å². The number of carbonyl (C=O) groups is 1. The maximum atomic E-state index is 13.0. The molecule has 0 saturated carbocycles. The van der Waals surface area contributed by atoms with Crippen LogP contribution in [0.4, 0.5) is 5.69 Å². The summed E-state index contributed by atoms with van der Waals surface area (Å²) in [6.07, 6.45) is 3.08. The molecule has 2 aromatic rings. The lowest BCUT2D eigenvalue weighted by Gasteiger charge is -2.34. The predicted molar refractivity (Wildman–Crippen MR) is 118 cm³/mol. The summed E-state index contributed by atoms with van der Waals surface area (Å²) in [6.45, 7) is 5.75. The van der Waals surface area contributed by atoms with Crippen LogP contribution >= 0.6 is 0 Å². The zero-order valence-corrected chi connectivity index (χ0v) is 18.5. The molecule has 4 rings (SSSR count). The van der Waals surface area contributed by atoms with Gasteiger partial charge in [-0.05, 0) is 68.0 Å². The Morgan fingerprint density at radius 3 is 2.43 bits per heavy atom. The van der Waals surface area contributed by atoms with Gasteiger partial charge >= 0.3 is 0 Å². The van der Waals surface area contributed by atoms with Crippen LogP contribution in [0, 0.1) is 13.8 Å². The van der Waals surface area contributed by atoms with Crippen LogP contribution < -0.4 is 5.32 Å². The van der Waals surface area contributed by atoms with Gasteiger partial charge in [0.2, 0.25) is 15.9 Å². The van der Waals surface area contributed by atoms with E-state index in [9.17, 15) is 13.2 Å². The smallest absolute Gasteiger partial charge is 0.243 e. The van der Waals surface area contributed by atoms with Crippen molar-refractivity contribution >= 4 is 21.6 Å². The summed E-state index contributed by atoms with van der Waals surface area (Å²) in [5.74, 6) is -0.00967. The van der Waals surface area contributed by atoms with Crippen LogP contribution in [0.3, 0.4) is 0 Å². The normalized spacial score (nSPS) is 17.1. The van der Waals surface area contributed by atoms with Gasteiger partial charge in [-0.3, -0.25) is 4.79 Å². The van der Waals surface area contributed by atoms with Gasteiger partial charge in [0, 0.05) is 31.9 Å². The Morgan fingerprint density at radius 1 is 0.967 bits per heavy atom. The maximum Gasteiger partial charge on any atom is 0.243 e. The largest absolute Gasteiger partial charge is 0.376 e. The molecule has 6 nitrogen and oxygen atoms in total. The van der Waals surface area contributed by atoms with Crippen molar-refractivity contribution in [2.75, 3.05) is 38.0 Å². The van der Waals surface area contributed by atoms with Crippen molar-refractivity contribution < 1.29 is 13.2 Å². The van der Waals surface area contributed by atoms with Crippen LogP contribution in [-0.4, -0.2) is 56.3 Å². The molecule has 30 heavy (non-hydrogen) atoms. The minimum Gasteiger partial charge on any atom is -0.376 e. The van der Waals surface area contributed by atoms with E-state index in [0.29, 0.717) is 31.1 Å². The lowest BCUT2D eigenvalue weighted by atomic mass is 10.1. The topological polar surface area (TPSA) is 69.7 Å². The zero-order chi connectivity index (χ0) is 21.3. The molecule has 0 radical (unpaired) electrons. The van der Waals surface area contributed by atoms with Crippen molar-refractivity contribution in [3.05, 3.63) is 58.7 Å². The monoisotopic (exact) mass is 427 g/mol. The number of hydrogen-bond acceptors (Lipinski definition) is 4. The summed E-state index contributed by atoms with van der Waals surface area (Å²) >= 11 is 0. The van der Waals surface area contributed by atoms with Crippen LogP contribution in [0.15, 0.2) is 41.3 Å². The molecule has 1 N–H and O–H groups in total. The summed E-state index contributed by atoms with van der Waals surface area (Å²) < 4.78 is 27.6. The minimum absolute atomic E-state index is 0.00967. The van der Waals surface area contributed by atoms with E-state index in [0.717, 1.165) is 36.1 Å². The number of anilines is 1. The number of aryl methyl sites for hydroxylation is 4. The molecule has 0 aromatic heterocycles. The average Bonchev–Trinajstić information content (AvgIpc) is 3.21. The molecule has 1 heterocycles. The molecule has 0 atom stereocenters. The fourth-order valence-corrected chi connectivity index (χ4v) is 5.80. The summed E-state index contributed by atoms with van der Waals surface area (Å²) in [7, 11) is -3.52. The number of nitrogens with zero attached hydrogens (tertiary/aromatic N) is 2. The first kappa shape index (κ1) is 20.9. The van der Waals surface area contributed by atoms with Crippen LogP contribution in [0.25, 0.3) is 0 Å². The molecule has 0 unspecified atom stereocenters. The third-order valence-electron chi connectivity index (χ3n) is 6.11. The molecule has 0 spiro atoms. The first-order valence-electron chi connectivity index (χ1n) is 10.6. The third kappa shape index (κ3) is 4.23. The van der Waals surface area contributed by atoms with E-state index < -0.39 is 10.0 Å². The van der Waals surface area contributed by atoms with Crippen molar-refractivity contribution in [3.63, 3.8) is 0 Å². The molecule has 1 aliphatic heterocycles. The van der Waals surface area contributed by atoms with Crippen molar-refractivity contribution in [1.82, 2.24) is 9.21 Å². The van der Waals surface area contributed by atoms with Crippen molar-refractivity contribution in [2.45, 2.75) is 38.0 Å². The lowest BCUT2D eigenvalue weighted by Crippen LogP contribution is -2.51. The molecule has 1 fully saturated rings. The first-order chi connectivity index (χ1) is 14.3. The summed E-state index contributed by atoms with van der Waals surface area (Å²) in [6, 6.07) is 11.6. The second-order valence-corrected chi connectivity index (χ2v) is 10.2. The third-order valence-corrected chi connectivity index (χ3v) is 8.01. The number of fused-ring (bicyclic) bond motifs is 1. The molecule has 2 aromatic carbocycles. The second kappa shape index (κ2) is 8.40. The number of sulfonamides is 1. The molecule has 0 bridgehead atoms. The Hall–Kier alpha value is -2.38. The summed E-state index contributed by atoms with van der Waals surface area (Å²) in [5, 5.41) is 3.21. The molecule has 1 amide bonds. The van der Waals surface area contributed by atoms with Crippen LogP contribution in [0.1, 0.15) is 28.7 Å². The predicted octanol–water partition coefficient (Wildman–Crippen LogP) is 2.74. The maximum absolute atomic E-state index is 13.0. The Kier molecular flexibility index (Phi) is 5.84. The van der Waals surface area contributed by atoms with Gasteiger partial charge in [-0.1, -0.05) is 23.8 Å². The van der Waals surface area contributed by atoms with E-state index in [2.05, 4.69) is 11.4 Å². The highest BCUT2D eigenvalue weighted by molar-refractivity contribution is 7.89. The van der Waals surface area contributed by atoms with Crippen molar-refractivity contribution in [2.24, 2.45) is 0 Å². The van der Waals surface area contributed by atoms with Crippen molar-refractivity contribution in [3.8, 4) is 0 Å². The van der Waals surface area contributed by atoms with E-state index in [-0.39, 0.29) is 12.5 Å². The number of carbonyl (C=O) groups excluding carboxylic acids is 1. The molecular formula is C23H29N3O3S. The highest BCUT2D eigenvalue weighted by Gasteiger charge is 2.30. The minimum atomic E-state index is -3.52. The number of nitrogens with one attached hydrogen (secondary N) is 1. The van der Waals surface area contributed by atoms with Crippen LogP contribution in [-0.2, 0) is 27.7 Å². The summed E-state index contributed by atoms with van der Waals surface area (Å²) in [5.41, 5.74) is 5.66. The number of amides is 1. The van der Waals surface area contributed by atoms with E-state index in [1.807, 2.05) is 38.1 Å². The zero-order valence-electron chi connectivity index (χ0n) is 17.6. The van der Waals surface area contributed by atoms with Gasteiger partial charge in [-0.25, -0.2) is 8.42 Å². The molecule has 1 saturated heterocycles. The number of rotatable bonds is 5. The number of benzene rings is 2. The first-order valence-corrected chi connectivity index (χ1v) is 12.0. The van der Waals surface area contributed by atoms with Crippen molar-refractivity contribution in [1.29, 1.82) is 0 Å². The van der Waals surface area contributed by atoms with Gasteiger partial charge in [-0.2, -0.15) is 4.31 Å². The molecule has 7 heteroatoms. The van der Waals surface area contributed by atoms with E-state index in [1.165, 1.54) is 15.4 Å². The van der Waals surface area contributed by atoms with Gasteiger partial charge in [0.15, 0.2) is 0 Å². The highest BCUT2D eigenvalue weighted by atomic mass is 32.2. The Labute approximate surface area is 178 Å². The SMILES string of the molecule is Cc1ccc(NCC(=O)N2CCN(S(=O)(=O)c3ccc4c(c3)CCC4)CC2)c(C)c1. The van der Waals surface area contributed by atoms with E-state index in [4.69, 9.17) is 0 Å². The fraction of sp³-hybridized carbons (Fsp3) is 0.435. The second-order valence-electron chi connectivity index (χ2n) is 8.24. The molecular weight excluding hydrogens is 398 g/mol. The molecule has 2 aliphatic rings. The quantitative estimate of drug-likeness (QED) is 0.797. The molecule has 160 valence electrons. The van der Waals surface area contributed by atoms with Crippen LogP contribution in [0.5, 0.6) is 0 Å². The average molecular weight is 428 g/mol. The van der Waals surface area contributed by atoms with Gasteiger partial charge in [0.05, 0.1) is 11.4 Å². The molecule has 1 aliphatic carbocycles. The number of hydrogen-bond donors (Lipinski definition) is 1. The van der Waals surface area contributed by atoms with E-state index >= 15 is 0 Å². The van der Waals surface area contributed by atoms with Gasteiger partial charge < -0.3 is 10.2 Å². The highest BCUT2D eigenvalue weighted by Crippen LogP contribution is 2.26. The van der Waals surface area contributed by atoms with Gasteiger partial charge in [-0.15, -0.1) is 0 Å².